The number of hydrogen-bond acceptors (Lipinski definition) is 3. The van der Waals surface area contributed by atoms with Gasteiger partial charge < -0.3 is 5.11 Å². The highest BCUT2D eigenvalue weighted by Crippen LogP contribution is 2.42. The Morgan fingerprint density at radius 1 is 1.40 bits per heavy atom. The van der Waals surface area contributed by atoms with E-state index in [1.54, 1.807) is 18.2 Å². The maximum absolute atomic E-state index is 11.3. The molecule has 1 aromatic rings. The highest BCUT2D eigenvalue weighted by molar-refractivity contribution is 9.11. The number of benzene rings is 1. The Hall–Kier alpha value is -0.620. The van der Waals surface area contributed by atoms with E-state index in [-0.39, 0.29) is 23.9 Å². The summed E-state index contributed by atoms with van der Waals surface area (Å²) in [7, 11) is 0. The third-order valence-electron chi connectivity index (χ3n) is 3.53. The van der Waals surface area contributed by atoms with Gasteiger partial charge in [-0.2, -0.15) is 0 Å². The predicted molar refractivity (Wildman–Crippen MR) is 82.3 cm³/mol. The quantitative estimate of drug-likeness (QED) is 0.632. The summed E-state index contributed by atoms with van der Waals surface area (Å²) in [6.45, 7) is -0.175. The first-order chi connectivity index (χ1) is 9.43. The molecule has 2 atom stereocenters. The van der Waals surface area contributed by atoms with Crippen molar-refractivity contribution < 1.29 is 10.0 Å². The molecule has 20 heavy (non-hydrogen) atoms. The summed E-state index contributed by atoms with van der Waals surface area (Å²) in [5, 5.41) is 21.5. The lowest BCUT2D eigenvalue weighted by molar-refractivity contribution is -0.527. The molecule has 1 aromatic carbocycles. The van der Waals surface area contributed by atoms with E-state index in [1.807, 2.05) is 0 Å². The van der Waals surface area contributed by atoms with Gasteiger partial charge in [-0.15, -0.1) is 0 Å². The van der Waals surface area contributed by atoms with Crippen molar-refractivity contribution in [3.63, 3.8) is 0 Å². The van der Waals surface area contributed by atoms with Crippen LogP contribution in [0.5, 0.6) is 0 Å². The Kier molecular flexibility index (Phi) is 5.07. The summed E-state index contributed by atoms with van der Waals surface area (Å²) < 4.78 is 0.814. The van der Waals surface area contributed by atoms with Crippen LogP contribution in [-0.2, 0) is 0 Å². The molecule has 0 aromatic heterocycles. The first-order valence-corrected chi connectivity index (χ1v) is 7.54. The summed E-state index contributed by atoms with van der Waals surface area (Å²) >= 11 is 15.4. The molecule has 0 fully saturated rings. The second-order valence-electron chi connectivity index (χ2n) is 4.70. The molecule has 0 bridgehead atoms. The largest absolute Gasteiger partial charge is 0.392 e. The molecule has 2 rings (SSSR count). The van der Waals surface area contributed by atoms with Gasteiger partial charge in [0, 0.05) is 21.4 Å². The average molecular weight is 381 g/mol. The fourth-order valence-electron chi connectivity index (χ4n) is 2.47. The lowest BCUT2D eigenvalue weighted by atomic mass is 9.81. The molecule has 1 aliphatic carbocycles. The van der Waals surface area contributed by atoms with Gasteiger partial charge >= 0.3 is 0 Å². The molecule has 0 saturated heterocycles. The van der Waals surface area contributed by atoms with E-state index in [2.05, 4.69) is 15.9 Å². The topological polar surface area (TPSA) is 63.4 Å². The van der Waals surface area contributed by atoms with Crippen LogP contribution in [0.4, 0.5) is 0 Å². The van der Waals surface area contributed by atoms with Crippen LogP contribution in [0.3, 0.4) is 0 Å². The minimum atomic E-state index is -0.794. The van der Waals surface area contributed by atoms with Gasteiger partial charge in [-0.1, -0.05) is 45.2 Å². The maximum atomic E-state index is 11.3. The second-order valence-corrected chi connectivity index (χ2v) is 6.50. The molecule has 0 radical (unpaired) electrons. The molecule has 108 valence electrons. The summed E-state index contributed by atoms with van der Waals surface area (Å²) in [6, 6.07) is 4.21. The summed E-state index contributed by atoms with van der Waals surface area (Å²) in [5.41, 5.74) is 1.39. The molecular weight excluding hydrogens is 369 g/mol. The zero-order chi connectivity index (χ0) is 14.9. The minimum absolute atomic E-state index is 0.175. The van der Waals surface area contributed by atoms with Gasteiger partial charge in [0.25, 0.3) is 0 Å². The molecule has 0 heterocycles. The Morgan fingerprint density at radius 2 is 2.10 bits per heavy atom. The van der Waals surface area contributed by atoms with E-state index in [4.69, 9.17) is 23.2 Å². The number of hydrogen-bond donors (Lipinski definition) is 1. The molecule has 0 saturated carbocycles. The fourth-order valence-corrected chi connectivity index (χ4v) is 3.65. The van der Waals surface area contributed by atoms with Crippen LogP contribution >= 0.6 is 39.1 Å². The number of halogens is 3. The van der Waals surface area contributed by atoms with Crippen LogP contribution in [0.25, 0.3) is 0 Å². The summed E-state index contributed by atoms with van der Waals surface area (Å²) in [6.07, 6.45) is 0.663. The van der Waals surface area contributed by atoms with Crippen molar-refractivity contribution in [2.24, 2.45) is 0 Å². The SMILES string of the molecule is O=[N+]([O-])[C@H]1CC(CO)=C(Br)C[C@@H]1c1ccc(Cl)cc1Cl. The molecular formula is C13H12BrCl2NO3. The van der Waals surface area contributed by atoms with E-state index >= 15 is 0 Å². The van der Waals surface area contributed by atoms with Crippen LogP contribution in [0.15, 0.2) is 28.3 Å². The standard InChI is InChI=1S/C13H12BrCl2NO3/c14-11-5-10(9-2-1-8(15)4-12(9)16)13(17(19)20)3-7(11)6-18/h1-2,4,10,13,18H,3,5-6H2/t10-,13+/m1/s1. The lowest BCUT2D eigenvalue weighted by Gasteiger charge is -2.28. The zero-order valence-corrected chi connectivity index (χ0v) is 13.5. The molecule has 7 heteroatoms. The molecule has 0 amide bonds. The molecule has 4 nitrogen and oxygen atoms in total. The van der Waals surface area contributed by atoms with Gasteiger partial charge in [0.2, 0.25) is 6.04 Å². The third kappa shape index (κ3) is 3.17. The number of nitro groups is 1. The highest BCUT2D eigenvalue weighted by Gasteiger charge is 2.39. The van der Waals surface area contributed by atoms with Crippen LogP contribution < -0.4 is 0 Å². The second kappa shape index (κ2) is 6.43. The molecule has 1 aliphatic rings. The highest BCUT2D eigenvalue weighted by atomic mass is 79.9. The van der Waals surface area contributed by atoms with Crippen LogP contribution in [0.2, 0.25) is 10.0 Å². The van der Waals surface area contributed by atoms with Crippen molar-refractivity contribution in [2.75, 3.05) is 6.61 Å². The summed E-state index contributed by atoms with van der Waals surface area (Å²) in [5.74, 6) is -0.334. The van der Waals surface area contributed by atoms with E-state index < -0.39 is 6.04 Å². The van der Waals surface area contributed by atoms with Gasteiger partial charge in [0.05, 0.1) is 12.5 Å². The number of rotatable bonds is 3. The predicted octanol–water partition coefficient (Wildman–Crippen LogP) is 4.16. The maximum Gasteiger partial charge on any atom is 0.224 e. The normalized spacial score (nSPS) is 23.0. The van der Waals surface area contributed by atoms with Crippen molar-refractivity contribution in [3.8, 4) is 0 Å². The van der Waals surface area contributed by atoms with E-state index in [9.17, 15) is 15.2 Å². The van der Waals surface area contributed by atoms with Crippen molar-refractivity contribution in [2.45, 2.75) is 24.8 Å². The molecule has 0 aliphatic heterocycles. The Labute approximate surface area is 134 Å². The van der Waals surface area contributed by atoms with Gasteiger partial charge in [0.15, 0.2) is 0 Å². The smallest absolute Gasteiger partial charge is 0.224 e. The first-order valence-electron chi connectivity index (χ1n) is 5.99. The molecule has 0 unspecified atom stereocenters. The van der Waals surface area contributed by atoms with Crippen LogP contribution in [0.1, 0.15) is 24.3 Å². The number of allylic oxidation sites excluding steroid dienone is 1. The van der Waals surface area contributed by atoms with Gasteiger partial charge in [-0.05, 0) is 34.2 Å². The first kappa shape index (κ1) is 15.8. The third-order valence-corrected chi connectivity index (χ3v) is 4.97. The van der Waals surface area contributed by atoms with Crippen molar-refractivity contribution in [3.05, 3.63) is 54.0 Å². The van der Waals surface area contributed by atoms with Gasteiger partial charge in [0.1, 0.15) is 0 Å². The fraction of sp³-hybridized carbons (Fsp3) is 0.385. The Morgan fingerprint density at radius 3 is 2.65 bits per heavy atom. The number of aliphatic hydroxyl groups is 1. The Bertz CT molecular complexity index is 577. The number of aliphatic hydroxyl groups excluding tert-OH is 1. The van der Waals surface area contributed by atoms with Gasteiger partial charge in [-0.25, -0.2) is 0 Å². The van der Waals surface area contributed by atoms with Crippen LogP contribution in [-0.4, -0.2) is 22.7 Å². The van der Waals surface area contributed by atoms with E-state index in [1.165, 1.54) is 0 Å². The van der Waals surface area contributed by atoms with E-state index in [0.717, 1.165) is 4.48 Å². The molecule has 0 spiro atoms. The van der Waals surface area contributed by atoms with Crippen molar-refractivity contribution in [1.29, 1.82) is 0 Å². The van der Waals surface area contributed by atoms with Crippen LogP contribution in [0, 0.1) is 10.1 Å². The van der Waals surface area contributed by atoms with Gasteiger partial charge in [-0.3, -0.25) is 10.1 Å². The lowest BCUT2D eigenvalue weighted by Crippen LogP contribution is -2.32. The Balaban J connectivity index is 2.43. The average Bonchev–Trinajstić information content (AvgIpc) is 2.38. The monoisotopic (exact) mass is 379 g/mol. The summed E-state index contributed by atoms with van der Waals surface area (Å²) in [4.78, 5) is 11.0. The zero-order valence-electron chi connectivity index (χ0n) is 10.4. The number of nitrogens with zero attached hydrogens (tertiary/aromatic N) is 1. The van der Waals surface area contributed by atoms with E-state index in [0.29, 0.717) is 27.6 Å². The van der Waals surface area contributed by atoms with Crippen molar-refractivity contribution in [1.82, 2.24) is 0 Å². The molecule has 1 N–H and O–H groups in total. The minimum Gasteiger partial charge on any atom is -0.392 e. The van der Waals surface area contributed by atoms with Crippen molar-refractivity contribution >= 4 is 39.1 Å².